The van der Waals surface area contributed by atoms with Crippen LogP contribution in [0.3, 0.4) is 0 Å². The fraction of sp³-hybridized carbons (Fsp3) is 0.273. The molecular formula is C11H14BrClN2. The summed E-state index contributed by atoms with van der Waals surface area (Å²) in [4.78, 5) is 3.29. The lowest BCUT2D eigenvalue weighted by Gasteiger charge is -1.96. The second-order valence-corrected chi connectivity index (χ2v) is 4.37. The Kier molecular flexibility index (Phi) is 4.64. The van der Waals surface area contributed by atoms with Crippen LogP contribution in [0.1, 0.15) is 5.56 Å². The number of hydrogen-bond donors (Lipinski definition) is 2. The molecule has 1 aromatic heterocycles. The predicted octanol–water partition coefficient (Wildman–Crippen LogP) is -1.33. The molecule has 2 rings (SSSR count). The van der Waals surface area contributed by atoms with E-state index in [0.29, 0.717) is 0 Å². The minimum Gasteiger partial charge on any atom is -1.00 e. The van der Waals surface area contributed by atoms with Crippen molar-refractivity contribution < 1.29 is 17.7 Å². The number of halogens is 2. The second-order valence-electron chi connectivity index (χ2n) is 3.45. The molecule has 1 heterocycles. The van der Waals surface area contributed by atoms with Crippen LogP contribution in [0.25, 0.3) is 10.9 Å². The Bertz CT molecular complexity index is 439. The quantitative estimate of drug-likeness (QED) is 0.702. The fourth-order valence-electron chi connectivity index (χ4n) is 1.67. The Hall–Kier alpha value is -0.510. The van der Waals surface area contributed by atoms with Crippen LogP contribution < -0.4 is 17.7 Å². The van der Waals surface area contributed by atoms with E-state index in [0.717, 1.165) is 17.4 Å². The van der Waals surface area contributed by atoms with Crippen LogP contribution in [-0.4, -0.2) is 18.6 Å². The van der Waals surface area contributed by atoms with Crippen LogP contribution >= 0.6 is 15.9 Å². The Morgan fingerprint density at radius 2 is 2.20 bits per heavy atom. The van der Waals surface area contributed by atoms with Crippen molar-refractivity contribution in [2.75, 3.05) is 13.6 Å². The molecule has 0 fully saturated rings. The monoisotopic (exact) mass is 288 g/mol. The first-order valence-corrected chi connectivity index (χ1v) is 5.64. The van der Waals surface area contributed by atoms with Gasteiger partial charge in [0.1, 0.15) is 0 Å². The summed E-state index contributed by atoms with van der Waals surface area (Å²) in [5.74, 6) is 0. The van der Waals surface area contributed by atoms with Crippen molar-refractivity contribution in [3.8, 4) is 0 Å². The van der Waals surface area contributed by atoms with Gasteiger partial charge in [0.05, 0.1) is 13.6 Å². The number of quaternary nitrogens is 1. The molecule has 15 heavy (non-hydrogen) atoms. The van der Waals surface area contributed by atoms with Crippen molar-refractivity contribution in [2.24, 2.45) is 0 Å². The van der Waals surface area contributed by atoms with Crippen molar-refractivity contribution in [1.82, 2.24) is 4.98 Å². The van der Waals surface area contributed by atoms with E-state index in [-0.39, 0.29) is 12.4 Å². The molecule has 0 amide bonds. The molecule has 0 aliphatic heterocycles. The Balaban J connectivity index is 0.00000112. The summed E-state index contributed by atoms with van der Waals surface area (Å²) in [5.41, 5.74) is 2.62. The van der Waals surface area contributed by atoms with Gasteiger partial charge in [-0.3, -0.25) is 0 Å². The van der Waals surface area contributed by atoms with Crippen molar-refractivity contribution in [2.45, 2.75) is 6.42 Å². The van der Waals surface area contributed by atoms with Gasteiger partial charge in [0.2, 0.25) is 0 Å². The molecule has 1 aromatic carbocycles. The molecule has 0 unspecified atom stereocenters. The number of likely N-dealkylation sites (N-methyl/N-ethyl adjacent to an activating group) is 1. The average molecular weight is 290 g/mol. The topological polar surface area (TPSA) is 32.4 Å². The van der Waals surface area contributed by atoms with Gasteiger partial charge in [0.15, 0.2) is 0 Å². The summed E-state index contributed by atoms with van der Waals surface area (Å²) in [6.07, 6.45) is 3.23. The van der Waals surface area contributed by atoms with Crippen LogP contribution in [0.2, 0.25) is 0 Å². The minimum absolute atomic E-state index is 0. The molecular weight excluding hydrogens is 275 g/mol. The fourth-order valence-corrected chi connectivity index (χ4v) is 2.03. The number of rotatable bonds is 3. The molecule has 4 heteroatoms. The third-order valence-corrected chi connectivity index (χ3v) is 2.93. The lowest BCUT2D eigenvalue weighted by Crippen LogP contribution is -3.00. The van der Waals surface area contributed by atoms with Gasteiger partial charge in [-0.25, -0.2) is 0 Å². The minimum atomic E-state index is 0. The maximum absolute atomic E-state index is 3.47. The number of nitrogens with one attached hydrogen (secondary N) is 1. The molecule has 0 aliphatic carbocycles. The molecule has 2 aromatic rings. The molecule has 82 valence electrons. The maximum Gasteiger partial charge on any atom is 0.0795 e. The van der Waals surface area contributed by atoms with Gasteiger partial charge in [0, 0.05) is 28.0 Å². The van der Waals surface area contributed by atoms with E-state index in [1.807, 2.05) is 0 Å². The molecule has 0 atom stereocenters. The van der Waals surface area contributed by atoms with Gasteiger partial charge in [-0.15, -0.1) is 0 Å². The smallest absolute Gasteiger partial charge is 0.0795 e. The van der Waals surface area contributed by atoms with E-state index < -0.39 is 0 Å². The molecule has 0 spiro atoms. The van der Waals surface area contributed by atoms with Gasteiger partial charge >= 0.3 is 0 Å². The van der Waals surface area contributed by atoms with Crippen molar-refractivity contribution in [1.29, 1.82) is 0 Å². The SMILES string of the molecule is C[NH2+]CCc1c[nH]c2cc(Br)ccc12.[Cl-]. The van der Waals surface area contributed by atoms with Gasteiger partial charge < -0.3 is 22.7 Å². The van der Waals surface area contributed by atoms with E-state index in [1.54, 1.807) is 0 Å². The first-order valence-electron chi connectivity index (χ1n) is 4.84. The summed E-state index contributed by atoms with van der Waals surface area (Å²) in [5, 5.41) is 3.55. The largest absolute Gasteiger partial charge is 1.00 e. The van der Waals surface area contributed by atoms with E-state index in [9.17, 15) is 0 Å². The molecule has 0 aliphatic rings. The van der Waals surface area contributed by atoms with Crippen LogP contribution in [0.15, 0.2) is 28.9 Å². The van der Waals surface area contributed by atoms with Gasteiger partial charge in [-0.05, 0) is 17.7 Å². The van der Waals surface area contributed by atoms with Crippen molar-refractivity contribution in [3.05, 3.63) is 34.4 Å². The summed E-state index contributed by atoms with van der Waals surface area (Å²) >= 11 is 3.47. The van der Waals surface area contributed by atoms with E-state index in [1.165, 1.54) is 16.5 Å². The zero-order chi connectivity index (χ0) is 9.97. The zero-order valence-corrected chi connectivity index (χ0v) is 10.9. The highest BCUT2D eigenvalue weighted by Gasteiger charge is 2.03. The Labute approximate surface area is 104 Å². The molecule has 0 bridgehead atoms. The highest BCUT2D eigenvalue weighted by molar-refractivity contribution is 9.10. The van der Waals surface area contributed by atoms with Crippen molar-refractivity contribution >= 4 is 26.8 Å². The highest BCUT2D eigenvalue weighted by atomic mass is 79.9. The summed E-state index contributed by atoms with van der Waals surface area (Å²) < 4.78 is 1.13. The number of benzene rings is 1. The van der Waals surface area contributed by atoms with Crippen LogP contribution in [0, 0.1) is 0 Å². The highest BCUT2D eigenvalue weighted by Crippen LogP contribution is 2.22. The van der Waals surface area contributed by atoms with Gasteiger partial charge in [-0.1, -0.05) is 22.0 Å². The second kappa shape index (κ2) is 5.54. The number of fused-ring (bicyclic) bond motifs is 1. The van der Waals surface area contributed by atoms with E-state index in [4.69, 9.17) is 0 Å². The normalized spacial score (nSPS) is 10.3. The first kappa shape index (κ1) is 12.6. The predicted molar refractivity (Wildman–Crippen MR) is 62.4 cm³/mol. The van der Waals surface area contributed by atoms with E-state index >= 15 is 0 Å². The van der Waals surface area contributed by atoms with Crippen LogP contribution in [-0.2, 0) is 6.42 Å². The van der Waals surface area contributed by atoms with Gasteiger partial charge in [-0.2, -0.15) is 0 Å². The maximum atomic E-state index is 3.47. The molecule has 3 N–H and O–H groups in total. The number of nitrogens with two attached hydrogens (primary N) is 1. The third kappa shape index (κ3) is 2.74. The number of aromatic nitrogens is 1. The molecule has 0 radical (unpaired) electrons. The molecule has 0 saturated heterocycles. The average Bonchev–Trinajstić information content (AvgIpc) is 2.57. The van der Waals surface area contributed by atoms with Crippen LogP contribution in [0.5, 0.6) is 0 Å². The first-order chi connectivity index (χ1) is 6.81. The zero-order valence-electron chi connectivity index (χ0n) is 8.56. The van der Waals surface area contributed by atoms with E-state index in [2.05, 4.69) is 57.7 Å². The summed E-state index contributed by atoms with van der Waals surface area (Å²) in [6.45, 7) is 1.14. The Morgan fingerprint density at radius 1 is 1.40 bits per heavy atom. The third-order valence-electron chi connectivity index (χ3n) is 2.43. The standard InChI is InChI=1S/C11H13BrN2.ClH/c1-13-5-4-8-7-14-11-6-9(12)2-3-10(8)11;/h2-3,6-7,13-14H,4-5H2,1H3;1H. The summed E-state index contributed by atoms with van der Waals surface area (Å²) in [6, 6.07) is 6.38. The number of aromatic amines is 1. The number of hydrogen-bond acceptors (Lipinski definition) is 0. The van der Waals surface area contributed by atoms with Gasteiger partial charge in [0.25, 0.3) is 0 Å². The van der Waals surface area contributed by atoms with Crippen LogP contribution in [0.4, 0.5) is 0 Å². The summed E-state index contributed by atoms with van der Waals surface area (Å²) in [7, 11) is 2.10. The number of H-pyrrole nitrogens is 1. The lowest BCUT2D eigenvalue weighted by molar-refractivity contribution is -0.626. The molecule has 0 saturated carbocycles. The lowest BCUT2D eigenvalue weighted by atomic mass is 10.1. The molecule has 2 nitrogen and oxygen atoms in total. The Morgan fingerprint density at radius 3 is 2.93 bits per heavy atom. The van der Waals surface area contributed by atoms with Crippen molar-refractivity contribution in [3.63, 3.8) is 0 Å².